The van der Waals surface area contributed by atoms with E-state index in [1.54, 1.807) is 23.1 Å². The Morgan fingerprint density at radius 1 is 1.45 bits per heavy atom. The Kier molecular flexibility index (Phi) is 4.59. The van der Waals surface area contributed by atoms with E-state index < -0.39 is 11.5 Å². The number of rotatable bonds is 3. The van der Waals surface area contributed by atoms with Gasteiger partial charge in [-0.05, 0) is 38.5 Å². The fourth-order valence-electron chi connectivity index (χ4n) is 2.34. The molecule has 1 aliphatic heterocycles. The average molecular weight is 306 g/mol. The third-order valence-electron chi connectivity index (χ3n) is 3.54. The number of methoxy groups -OCH3 is 1. The van der Waals surface area contributed by atoms with Gasteiger partial charge in [0.05, 0.1) is 18.2 Å². The minimum atomic E-state index is -0.593. The van der Waals surface area contributed by atoms with Gasteiger partial charge in [0.1, 0.15) is 12.4 Å². The summed E-state index contributed by atoms with van der Waals surface area (Å²) in [5, 5.41) is 2.61. The van der Waals surface area contributed by atoms with Crippen LogP contribution in [0.5, 0.6) is 5.75 Å². The van der Waals surface area contributed by atoms with Gasteiger partial charge < -0.3 is 14.4 Å². The molecule has 0 saturated heterocycles. The van der Waals surface area contributed by atoms with E-state index in [2.05, 4.69) is 10.1 Å². The van der Waals surface area contributed by atoms with Crippen LogP contribution >= 0.6 is 0 Å². The molecule has 0 aliphatic carbocycles. The lowest BCUT2D eigenvalue weighted by atomic mass is 9.93. The predicted molar refractivity (Wildman–Crippen MR) is 84.4 cm³/mol. The van der Waals surface area contributed by atoms with E-state index in [-0.39, 0.29) is 5.91 Å². The number of hydrogen-bond acceptors (Lipinski definition) is 4. The minimum absolute atomic E-state index is 0.0170. The van der Waals surface area contributed by atoms with Crippen LogP contribution in [0.1, 0.15) is 27.2 Å². The van der Waals surface area contributed by atoms with E-state index in [9.17, 15) is 9.59 Å². The highest BCUT2D eigenvalue weighted by molar-refractivity contribution is 6.00. The number of carbonyl (C=O) groups excluding carboxylic acids is 2. The zero-order valence-electron chi connectivity index (χ0n) is 13.4. The molecule has 0 atom stereocenters. The fraction of sp³-hybridized carbons (Fsp3) is 0.500. The van der Waals surface area contributed by atoms with Crippen molar-refractivity contribution in [3.05, 3.63) is 18.2 Å². The molecule has 0 radical (unpaired) electrons. The summed E-state index contributed by atoms with van der Waals surface area (Å²) in [6, 6.07) is 5.22. The van der Waals surface area contributed by atoms with Gasteiger partial charge in [0, 0.05) is 12.2 Å². The summed E-state index contributed by atoms with van der Waals surface area (Å²) in [7, 11) is 1.30. The molecule has 120 valence electrons. The molecule has 1 N–H and O–H groups in total. The van der Waals surface area contributed by atoms with Crippen LogP contribution in [0.25, 0.3) is 0 Å². The molecule has 1 heterocycles. The Bertz CT molecular complexity index is 584. The lowest BCUT2D eigenvalue weighted by Crippen LogP contribution is -2.42. The van der Waals surface area contributed by atoms with Gasteiger partial charge in [-0.25, -0.2) is 4.79 Å². The molecular formula is C16H22N2O4. The third kappa shape index (κ3) is 3.16. The Morgan fingerprint density at radius 2 is 2.18 bits per heavy atom. The summed E-state index contributed by atoms with van der Waals surface area (Å²) in [6.45, 7) is 6.68. The van der Waals surface area contributed by atoms with Crippen molar-refractivity contribution >= 4 is 23.4 Å². The lowest BCUT2D eigenvalue weighted by molar-refractivity contribution is -0.127. The fourth-order valence-corrected chi connectivity index (χ4v) is 2.34. The first-order valence-corrected chi connectivity index (χ1v) is 7.33. The molecule has 2 amide bonds. The van der Waals surface area contributed by atoms with E-state index in [1.807, 2.05) is 20.8 Å². The Morgan fingerprint density at radius 3 is 2.82 bits per heavy atom. The first-order valence-electron chi connectivity index (χ1n) is 7.33. The minimum Gasteiger partial charge on any atom is -0.490 e. The highest BCUT2D eigenvalue weighted by Crippen LogP contribution is 2.38. The topological polar surface area (TPSA) is 67.9 Å². The summed E-state index contributed by atoms with van der Waals surface area (Å²) in [5.41, 5.74) is 0.638. The smallest absolute Gasteiger partial charge is 0.411 e. The second-order valence-electron chi connectivity index (χ2n) is 5.93. The van der Waals surface area contributed by atoms with Gasteiger partial charge in [0.25, 0.3) is 0 Å². The maximum atomic E-state index is 12.7. The maximum Gasteiger partial charge on any atom is 0.411 e. The predicted octanol–water partition coefficient (Wildman–Crippen LogP) is 3.03. The van der Waals surface area contributed by atoms with Crippen molar-refractivity contribution in [1.29, 1.82) is 0 Å². The second kappa shape index (κ2) is 6.25. The summed E-state index contributed by atoms with van der Waals surface area (Å²) >= 11 is 0. The van der Waals surface area contributed by atoms with Gasteiger partial charge in [-0.1, -0.05) is 6.92 Å². The molecule has 0 fully saturated rings. The summed E-state index contributed by atoms with van der Waals surface area (Å²) < 4.78 is 10.4. The van der Waals surface area contributed by atoms with E-state index in [1.165, 1.54) is 7.11 Å². The second-order valence-corrected chi connectivity index (χ2v) is 5.93. The Hall–Kier alpha value is -2.24. The van der Waals surface area contributed by atoms with Crippen LogP contribution in [0.3, 0.4) is 0 Å². The molecule has 0 bridgehead atoms. The standard InChI is InChI=1S/C16H22N2O4/c1-5-8-18-12-9-11(17-15(20)21-4)6-7-13(12)22-10-16(2,3)14(18)19/h6-7,9H,5,8,10H2,1-4H3,(H,17,20). The van der Waals surface area contributed by atoms with Crippen molar-refractivity contribution in [1.82, 2.24) is 0 Å². The van der Waals surface area contributed by atoms with Crippen molar-refractivity contribution in [3.8, 4) is 5.75 Å². The molecule has 1 aliphatic rings. The van der Waals surface area contributed by atoms with Crippen molar-refractivity contribution in [3.63, 3.8) is 0 Å². The van der Waals surface area contributed by atoms with E-state index in [0.717, 1.165) is 6.42 Å². The highest BCUT2D eigenvalue weighted by atomic mass is 16.5. The van der Waals surface area contributed by atoms with Crippen molar-refractivity contribution < 1.29 is 19.1 Å². The molecule has 2 rings (SSSR count). The number of ether oxygens (including phenoxy) is 2. The third-order valence-corrected chi connectivity index (χ3v) is 3.54. The monoisotopic (exact) mass is 306 g/mol. The van der Waals surface area contributed by atoms with Gasteiger partial charge in [-0.3, -0.25) is 10.1 Å². The van der Waals surface area contributed by atoms with Crippen molar-refractivity contribution in [2.75, 3.05) is 30.5 Å². The number of nitrogens with one attached hydrogen (secondary N) is 1. The maximum absolute atomic E-state index is 12.7. The van der Waals surface area contributed by atoms with Gasteiger partial charge in [0.2, 0.25) is 5.91 Å². The van der Waals surface area contributed by atoms with Gasteiger partial charge in [0.15, 0.2) is 0 Å². The lowest BCUT2D eigenvalue weighted by Gasteiger charge is -2.27. The number of fused-ring (bicyclic) bond motifs is 1. The molecule has 0 spiro atoms. The summed E-state index contributed by atoms with van der Waals surface area (Å²) in [4.78, 5) is 25.8. The van der Waals surface area contributed by atoms with Crippen LogP contribution in [-0.2, 0) is 9.53 Å². The molecule has 22 heavy (non-hydrogen) atoms. The molecule has 1 aromatic rings. The summed E-state index contributed by atoms with van der Waals surface area (Å²) in [6.07, 6.45) is 0.277. The van der Waals surface area contributed by atoms with E-state index >= 15 is 0 Å². The Balaban J connectivity index is 2.42. The van der Waals surface area contributed by atoms with Crippen LogP contribution in [0.2, 0.25) is 0 Å². The van der Waals surface area contributed by atoms with E-state index in [4.69, 9.17) is 4.74 Å². The van der Waals surface area contributed by atoms with E-state index in [0.29, 0.717) is 30.3 Å². The number of amides is 2. The van der Waals surface area contributed by atoms with Gasteiger partial charge >= 0.3 is 6.09 Å². The van der Waals surface area contributed by atoms with Crippen LogP contribution in [0.15, 0.2) is 18.2 Å². The highest BCUT2D eigenvalue weighted by Gasteiger charge is 2.37. The van der Waals surface area contributed by atoms with Gasteiger partial charge in [-0.2, -0.15) is 0 Å². The summed E-state index contributed by atoms with van der Waals surface area (Å²) in [5.74, 6) is 0.658. The number of anilines is 2. The van der Waals surface area contributed by atoms with Crippen LogP contribution in [0.4, 0.5) is 16.2 Å². The zero-order chi connectivity index (χ0) is 16.3. The number of hydrogen-bond donors (Lipinski definition) is 1. The largest absolute Gasteiger partial charge is 0.490 e. The van der Waals surface area contributed by atoms with Gasteiger partial charge in [-0.15, -0.1) is 0 Å². The first kappa shape index (κ1) is 16.1. The van der Waals surface area contributed by atoms with Crippen molar-refractivity contribution in [2.24, 2.45) is 5.41 Å². The quantitative estimate of drug-likeness (QED) is 0.932. The van der Waals surface area contributed by atoms with Crippen LogP contribution < -0.4 is 15.0 Å². The average Bonchev–Trinajstić information content (AvgIpc) is 2.58. The molecule has 0 saturated carbocycles. The van der Waals surface area contributed by atoms with Crippen molar-refractivity contribution in [2.45, 2.75) is 27.2 Å². The van der Waals surface area contributed by atoms with Crippen LogP contribution in [-0.4, -0.2) is 32.3 Å². The zero-order valence-corrected chi connectivity index (χ0v) is 13.4. The SMILES string of the molecule is CCCN1C(=O)C(C)(C)COc2ccc(NC(=O)OC)cc21. The number of nitrogens with zero attached hydrogens (tertiary/aromatic N) is 1. The molecular weight excluding hydrogens is 284 g/mol. The molecule has 6 heteroatoms. The normalized spacial score (nSPS) is 16.4. The Labute approximate surface area is 130 Å². The number of benzene rings is 1. The molecule has 0 aromatic heterocycles. The number of carbonyl (C=O) groups is 2. The molecule has 6 nitrogen and oxygen atoms in total. The first-order chi connectivity index (χ1) is 10.4. The molecule has 0 unspecified atom stereocenters. The van der Waals surface area contributed by atoms with Crippen LogP contribution in [0, 0.1) is 5.41 Å². The molecule has 1 aromatic carbocycles.